The Balaban J connectivity index is 0. The molecule has 0 N–H and O–H groups in total. The minimum atomic E-state index is -0.160. The van der Waals surface area contributed by atoms with Crippen LogP contribution in [0, 0.1) is 0 Å². The van der Waals surface area contributed by atoms with Gasteiger partial charge in [-0.3, -0.25) is 0 Å². The molecule has 0 saturated carbocycles. The van der Waals surface area contributed by atoms with E-state index in [2.05, 4.69) is 52.1 Å². The standard InChI is InChI=1S/C18H24O.2C2H6/c1-7-11-15(9-3)18(4,5)16-13-10-12-14(8-2)17(16)19-6;2*1-2/h7,9-13H,1,3,8H2,2,4-6H3;2*1-2H3/b15-11+;;. The van der Waals surface area contributed by atoms with Crippen molar-refractivity contribution in [2.75, 3.05) is 7.11 Å². The number of benzene rings is 1. The predicted molar refractivity (Wildman–Crippen MR) is 107 cm³/mol. The van der Waals surface area contributed by atoms with Gasteiger partial charge in [0.15, 0.2) is 0 Å². The van der Waals surface area contributed by atoms with Crippen LogP contribution in [0.15, 0.2) is 55.2 Å². The van der Waals surface area contributed by atoms with E-state index in [0.717, 1.165) is 17.7 Å². The molecule has 23 heavy (non-hydrogen) atoms. The van der Waals surface area contributed by atoms with Gasteiger partial charge in [0.05, 0.1) is 7.11 Å². The van der Waals surface area contributed by atoms with E-state index >= 15 is 0 Å². The van der Waals surface area contributed by atoms with Crippen molar-refractivity contribution in [1.82, 2.24) is 0 Å². The van der Waals surface area contributed by atoms with Crippen LogP contribution >= 0.6 is 0 Å². The lowest BCUT2D eigenvalue weighted by atomic mass is 9.76. The zero-order chi connectivity index (χ0) is 18.5. The molecule has 0 fully saturated rings. The van der Waals surface area contributed by atoms with Gasteiger partial charge in [-0.05, 0) is 17.6 Å². The van der Waals surface area contributed by atoms with Gasteiger partial charge in [-0.15, -0.1) is 0 Å². The van der Waals surface area contributed by atoms with Crippen molar-refractivity contribution in [1.29, 1.82) is 0 Å². The topological polar surface area (TPSA) is 9.23 Å². The third-order valence-corrected chi connectivity index (χ3v) is 3.59. The van der Waals surface area contributed by atoms with E-state index in [-0.39, 0.29) is 5.41 Å². The number of ether oxygens (including phenoxy) is 1. The lowest BCUT2D eigenvalue weighted by Gasteiger charge is -2.29. The monoisotopic (exact) mass is 316 g/mol. The maximum Gasteiger partial charge on any atom is 0.126 e. The van der Waals surface area contributed by atoms with Gasteiger partial charge in [0.2, 0.25) is 0 Å². The maximum absolute atomic E-state index is 5.64. The number of hydrogen-bond acceptors (Lipinski definition) is 1. The first-order chi connectivity index (χ1) is 11.0. The molecule has 1 heteroatoms. The molecule has 0 aliphatic rings. The summed E-state index contributed by atoms with van der Waals surface area (Å²) in [6.07, 6.45) is 6.65. The lowest BCUT2D eigenvalue weighted by Crippen LogP contribution is -2.21. The first kappa shape index (κ1) is 23.5. The first-order valence-electron chi connectivity index (χ1n) is 8.64. The molecule has 0 saturated heterocycles. The molecule has 0 bridgehead atoms. The molecule has 0 aliphatic carbocycles. The lowest BCUT2D eigenvalue weighted by molar-refractivity contribution is 0.396. The van der Waals surface area contributed by atoms with Crippen LogP contribution < -0.4 is 4.74 Å². The Labute approximate surface area is 144 Å². The number of allylic oxidation sites excluding steroid dienone is 4. The van der Waals surface area contributed by atoms with Crippen molar-refractivity contribution >= 4 is 0 Å². The van der Waals surface area contributed by atoms with Crippen molar-refractivity contribution in [3.8, 4) is 5.75 Å². The van der Waals surface area contributed by atoms with E-state index in [0.29, 0.717) is 0 Å². The number of methoxy groups -OCH3 is 1. The summed E-state index contributed by atoms with van der Waals surface area (Å²) in [5.41, 5.74) is 3.39. The van der Waals surface area contributed by atoms with Crippen LogP contribution in [-0.4, -0.2) is 7.11 Å². The zero-order valence-electron chi connectivity index (χ0n) is 16.5. The summed E-state index contributed by atoms with van der Waals surface area (Å²) in [5, 5.41) is 0. The van der Waals surface area contributed by atoms with Crippen LogP contribution in [0.5, 0.6) is 5.75 Å². The van der Waals surface area contributed by atoms with Crippen molar-refractivity contribution < 1.29 is 4.74 Å². The zero-order valence-corrected chi connectivity index (χ0v) is 16.5. The second-order valence-electron chi connectivity index (χ2n) is 5.04. The molecule has 1 rings (SSSR count). The summed E-state index contributed by atoms with van der Waals surface area (Å²) in [7, 11) is 1.73. The fourth-order valence-corrected chi connectivity index (χ4v) is 2.41. The molecule has 1 aromatic rings. The predicted octanol–water partition coefficient (Wildman–Crippen LogP) is 6.89. The first-order valence-corrected chi connectivity index (χ1v) is 8.64. The van der Waals surface area contributed by atoms with Gasteiger partial charge in [-0.25, -0.2) is 0 Å². The summed E-state index contributed by atoms with van der Waals surface area (Å²) in [5.74, 6) is 0.979. The van der Waals surface area contributed by atoms with Crippen molar-refractivity contribution in [3.05, 3.63) is 66.3 Å². The van der Waals surface area contributed by atoms with Crippen LogP contribution in [0.3, 0.4) is 0 Å². The van der Waals surface area contributed by atoms with Crippen molar-refractivity contribution in [3.63, 3.8) is 0 Å². The Hall–Kier alpha value is -1.76. The van der Waals surface area contributed by atoms with Gasteiger partial charge in [-0.2, -0.15) is 0 Å². The van der Waals surface area contributed by atoms with Gasteiger partial charge in [-0.1, -0.05) is 98.1 Å². The molecule has 130 valence electrons. The van der Waals surface area contributed by atoms with Crippen LogP contribution in [0.4, 0.5) is 0 Å². The Bertz CT molecular complexity index is 493. The Morgan fingerprint density at radius 3 is 2.09 bits per heavy atom. The highest BCUT2D eigenvalue weighted by molar-refractivity contribution is 5.51. The molecule has 1 nitrogen and oxygen atoms in total. The summed E-state index contributed by atoms with van der Waals surface area (Å²) in [6.45, 7) is 22.2. The smallest absolute Gasteiger partial charge is 0.126 e. The summed E-state index contributed by atoms with van der Waals surface area (Å²) in [6, 6.07) is 6.33. The molecule has 0 atom stereocenters. The van der Waals surface area contributed by atoms with Gasteiger partial charge >= 0.3 is 0 Å². The van der Waals surface area contributed by atoms with Gasteiger partial charge in [0.25, 0.3) is 0 Å². The number of aryl methyl sites for hydroxylation is 1. The van der Waals surface area contributed by atoms with E-state index in [1.165, 1.54) is 11.1 Å². The summed E-state index contributed by atoms with van der Waals surface area (Å²) < 4.78 is 5.64. The number of para-hydroxylation sites is 1. The highest BCUT2D eigenvalue weighted by Gasteiger charge is 2.27. The SMILES string of the molecule is C=C/C=C(\C=C)C(C)(C)c1cccc(CC)c1OC.CC.CC. The molecular weight excluding hydrogens is 280 g/mol. The van der Waals surface area contributed by atoms with Crippen molar-refractivity contribution in [2.24, 2.45) is 0 Å². The van der Waals surface area contributed by atoms with E-state index in [1.54, 1.807) is 13.2 Å². The van der Waals surface area contributed by atoms with Gasteiger partial charge in [0.1, 0.15) is 5.75 Å². The molecular formula is C22H36O. The Morgan fingerprint density at radius 2 is 1.70 bits per heavy atom. The quantitative estimate of drug-likeness (QED) is 0.519. The molecule has 0 radical (unpaired) electrons. The maximum atomic E-state index is 5.64. The molecule has 0 spiro atoms. The van der Waals surface area contributed by atoms with E-state index in [9.17, 15) is 0 Å². The number of rotatable bonds is 6. The fourth-order valence-electron chi connectivity index (χ4n) is 2.41. The molecule has 1 aromatic carbocycles. The second kappa shape index (κ2) is 12.8. The van der Waals surface area contributed by atoms with Crippen LogP contribution in [-0.2, 0) is 11.8 Å². The minimum Gasteiger partial charge on any atom is -0.496 e. The number of hydrogen-bond donors (Lipinski definition) is 0. The molecule has 0 aromatic heterocycles. The second-order valence-corrected chi connectivity index (χ2v) is 5.04. The summed E-state index contributed by atoms with van der Waals surface area (Å²) >= 11 is 0. The van der Waals surface area contributed by atoms with E-state index in [1.807, 2.05) is 39.8 Å². The molecule has 0 aliphatic heterocycles. The molecule has 0 amide bonds. The summed E-state index contributed by atoms with van der Waals surface area (Å²) in [4.78, 5) is 0. The highest BCUT2D eigenvalue weighted by atomic mass is 16.5. The van der Waals surface area contributed by atoms with Crippen LogP contribution in [0.25, 0.3) is 0 Å². The van der Waals surface area contributed by atoms with E-state index < -0.39 is 0 Å². The largest absolute Gasteiger partial charge is 0.496 e. The Kier molecular flexibility index (Phi) is 13.0. The van der Waals surface area contributed by atoms with E-state index in [4.69, 9.17) is 4.74 Å². The normalized spacial score (nSPS) is 10.5. The average Bonchev–Trinajstić information content (AvgIpc) is 2.61. The van der Waals surface area contributed by atoms with Gasteiger partial charge < -0.3 is 4.74 Å². The third-order valence-electron chi connectivity index (χ3n) is 3.59. The average molecular weight is 317 g/mol. The molecule has 0 heterocycles. The van der Waals surface area contributed by atoms with Crippen LogP contribution in [0.2, 0.25) is 0 Å². The third kappa shape index (κ3) is 6.09. The molecule has 0 unspecified atom stereocenters. The fraction of sp³-hybridized carbons (Fsp3) is 0.455. The Morgan fingerprint density at radius 1 is 1.13 bits per heavy atom. The van der Waals surface area contributed by atoms with Crippen LogP contribution in [0.1, 0.15) is 59.6 Å². The van der Waals surface area contributed by atoms with Crippen molar-refractivity contribution in [2.45, 2.75) is 60.3 Å². The van der Waals surface area contributed by atoms with Gasteiger partial charge in [0, 0.05) is 11.0 Å². The highest BCUT2D eigenvalue weighted by Crippen LogP contribution is 2.39. The minimum absolute atomic E-state index is 0.160.